The number of halogens is 1. The fraction of sp³-hybridized carbons (Fsp3) is 0.538. The molecule has 2 rings (SSSR count). The van der Waals surface area contributed by atoms with Crippen LogP contribution in [0, 0.1) is 11.7 Å². The van der Waals surface area contributed by atoms with Gasteiger partial charge in [0.05, 0.1) is 11.4 Å². The van der Waals surface area contributed by atoms with Gasteiger partial charge in [0.2, 0.25) is 0 Å². The van der Waals surface area contributed by atoms with Crippen molar-refractivity contribution in [2.45, 2.75) is 13.8 Å². The van der Waals surface area contributed by atoms with Crippen molar-refractivity contribution in [2.75, 3.05) is 36.5 Å². The van der Waals surface area contributed by atoms with E-state index in [-0.39, 0.29) is 5.82 Å². The molecule has 0 bridgehead atoms. The lowest BCUT2D eigenvalue weighted by molar-refractivity contribution is 0.594. The van der Waals surface area contributed by atoms with Gasteiger partial charge in [-0.25, -0.2) is 4.39 Å². The number of anilines is 2. The van der Waals surface area contributed by atoms with E-state index in [1.807, 2.05) is 13.1 Å². The maximum absolute atomic E-state index is 13.2. The van der Waals surface area contributed by atoms with Gasteiger partial charge in [-0.1, -0.05) is 13.8 Å². The van der Waals surface area contributed by atoms with Crippen molar-refractivity contribution in [3.05, 3.63) is 24.0 Å². The van der Waals surface area contributed by atoms with Crippen molar-refractivity contribution in [1.82, 2.24) is 0 Å². The fourth-order valence-electron chi connectivity index (χ4n) is 2.21. The van der Waals surface area contributed by atoms with Crippen LogP contribution in [0.4, 0.5) is 15.8 Å². The van der Waals surface area contributed by atoms with Crippen LogP contribution in [-0.4, -0.2) is 26.7 Å². The smallest absolute Gasteiger partial charge is 0.125 e. The SMILES string of the molecule is CC(C)CN1CCN(C)c2cc(F)ccc21. The first-order valence-corrected chi connectivity index (χ1v) is 5.83. The van der Waals surface area contributed by atoms with Gasteiger partial charge in [0.1, 0.15) is 5.82 Å². The maximum Gasteiger partial charge on any atom is 0.125 e. The lowest BCUT2D eigenvalue weighted by atomic mass is 10.1. The number of fused-ring (bicyclic) bond motifs is 1. The van der Waals surface area contributed by atoms with Crippen molar-refractivity contribution in [3.8, 4) is 0 Å². The Morgan fingerprint density at radius 1 is 1.25 bits per heavy atom. The van der Waals surface area contributed by atoms with Crippen LogP contribution in [0.2, 0.25) is 0 Å². The molecule has 1 aliphatic heterocycles. The van der Waals surface area contributed by atoms with Crippen LogP contribution < -0.4 is 9.80 Å². The second-order valence-electron chi connectivity index (χ2n) is 4.89. The van der Waals surface area contributed by atoms with Crippen molar-refractivity contribution < 1.29 is 4.39 Å². The molecule has 1 heterocycles. The normalized spacial score (nSPS) is 15.6. The average molecular weight is 222 g/mol. The van der Waals surface area contributed by atoms with Crippen LogP contribution in [0.15, 0.2) is 18.2 Å². The zero-order valence-corrected chi connectivity index (χ0v) is 10.2. The molecule has 1 aromatic rings. The average Bonchev–Trinajstić information content (AvgIpc) is 2.22. The summed E-state index contributed by atoms with van der Waals surface area (Å²) in [5.74, 6) is 0.471. The van der Waals surface area contributed by atoms with Gasteiger partial charge in [0, 0.05) is 26.7 Å². The molecule has 0 spiro atoms. The molecule has 0 fully saturated rings. The first-order chi connectivity index (χ1) is 7.58. The molecular formula is C13H19FN2. The molecule has 0 amide bonds. The zero-order valence-electron chi connectivity index (χ0n) is 10.2. The Morgan fingerprint density at radius 2 is 2.00 bits per heavy atom. The molecular weight excluding hydrogens is 203 g/mol. The zero-order chi connectivity index (χ0) is 11.7. The number of rotatable bonds is 2. The molecule has 0 aliphatic carbocycles. The van der Waals surface area contributed by atoms with Gasteiger partial charge in [-0.2, -0.15) is 0 Å². The molecule has 1 aliphatic rings. The quantitative estimate of drug-likeness (QED) is 0.759. The van der Waals surface area contributed by atoms with Crippen molar-refractivity contribution in [1.29, 1.82) is 0 Å². The van der Waals surface area contributed by atoms with E-state index in [0.717, 1.165) is 31.0 Å². The highest BCUT2D eigenvalue weighted by atomic mass is 19.1. The second-order valence-corrected chi connectivity index (χ2v) is 4.89. The molecule has 0 unspecified atom stereocenters. The van der Waals surface area contributed by atoms with Gasteiger partial charge in [-0.05, 0) is 24.1 Å². The number of hydrogen-bond donors (Lipinski definition) is 0. The van der Waals surface area contributed by atoms with Gasteiger partial charge in [0.25, 0.3) is 0 Å². The highest BCUT2D eigenvalue weighted by molar-refractivity contribution is 5.73. The highest BCUT2D eigenvalue weighted by Crippen LogP contribution is 2.33. The Kier molecular flexibility index (Phi) is 3.03. The van der Waals surface area contributed by atoms with Gasteiger partial charge in [-0.15, -0.1) is 0 Å². The molecule has 2 nitrogen and oxygen atoms in total. The summed E-state index contributed by atoms with van der Waals surface area (Å²) in [5, 5.41) is 0. The standard InChI is InChI=1S/C13H19FN2/c1-10(2)9-16-7-6-15(3)13-8-11(14)4-5-12(13)16/h4-5,8,10H,6-7,9H2,1-3H3. The summed E-state index contributed by atoms with van der Waals surface area (Å²) >= 11 is 0. The molecule has 1 aromatic carbocycles. The topological polar surface area (TPSA) is 6.48 Å². The third-order valence-corrected chi connectivity index (χ3v) is 2.98. The Bertz CT molecular complexity index is 376. The minimum absolute atomic E-state index is 0.156. The first-order valence-electron chi connectivity index (χ1n) is 5.83. The Hall–Kier alpha value is -1.25. The molecule has 0 atom stereocenters. The van der Waals surface area contributed by atoms with E-state index in [1.54, 1.807) is 12.1 Å². The Morgan fingerprint density at radius 3 is 2.69 bits per heavy atom. The third kappa shape index (κ3) is 2.13. The molecule has 16 heavy (non-hydrogen) atoms. The Labute approximate surface area is 96.7 Å². The highest BCUT2D eigenvalue weighted by Gasteiger charge is 2.20. The minimum Gasteiger partial charge on any atom is -0.371 e. The maximum atomic E-state index is 13.2. The number of nitrogens with zero attached hydrogens (tertiary/aromatic N) is 2. The second kappa shape index (κ2) is 4.32. The molecule has 3 heteroatoms. The minimum atomic E-state index is -0.156. The van der Waals surface area contributed by atoms with Crippen LogP contribution in [-0.2, 0) is 0 Å². The number of benzene rings is 1. The number of likely N-dealkylation sites (N-methyl/N-ethyl adjacent to an activating group) is 1. The van der Waals surface area contributed by atoms with E-state index in [9.17, 15) is 4.39 Å². The Balaban J connectivity index is 2.33. The van der Waals surface area contributed by atoms with Crippen molar-refractivity contribution >= 4 is 11.4 Å². The van der Waals surface area contributed by atoms with Crippen LogP contribution in [0.1, 0.15) is 13.8 Å². The lowest BCUT2D eigenvalue weighted by Gasteiger charge is -2.37. The summed E-state index contributed by atoms with van der Waals surface area (Å²) in [6.45, 7) is 7.44. The van der Waals surface area contributed by atoms with Gasteiger partial charge >= 0.3 is 0 Å². The predicted molar refractivity (Wildman–Crippen MR) is 66.7 cm³/mol. The largest absolute Gasteiger partial charge is 0.371 e. The van der Waals surface area contributed by atoms with Crippen molar-refractivity contribution in [3.63, 3.8) is 0 Å². The molecule has 0 saturated carbocycles. The van der Waals surface area contributed by atoms with Crippen LogP contribution in [0.3, 0.4) is 0 Å². The van der Waals surface area contributed by atoms with Crippen molar-refractivity contribution in [2.24, 2.45) is 5.92 Å². The summed E-state index contributed by atoms with van der Waals surface area (Å²) < 4.78 is 13.2. The van der Waals surface area contributed by atoms with Gasteiger partial charge in [0.15, 0.2) is 0 Å². The van der Waals surface area contributed by atoms with E-state index in [2.05, 4.69) is 23.6 Å². The number of hydrogen-bond acceptors (Lipinski definition) is 2. The third-order valence-electron chi connectivity index (χ3n) is 2.98. The summed E-state index contributed by atoms with van der Waals surface area (Å²) in [4.78, 5) is 4.47. The lowest BCUT2D eigenvalue weighted by Crippen LogP contribution is -2.40. The van der Waals surface area contributed by atoms with Gasteiger partial charge in [-0.3, -0.25) is 0 Å². The van der Waals surface area contributed by atoms with E-state index in [1.165, 1.54) is 0 Å². The first kappa shape index (κ1) is 11.2. The summed E-state index contributed by atoms with van der Waals surface area (Å²) in [6.07, 6.45) is 0. The van der Waals surface area contributed by atoms with E-state index in [4.69, 9.17) is 0 Å². The van der Waals surface area contributed by atoms with Crippen LogP contribution >= 0.6 is 0 Å². The molecule has 0 N–H and O–H groups in total. The molecule has 88 valence electrons. The molecule has 0 aromatic heterocycles. The van der Waals surface area contributed by atoms with Crippen LogP contribution in [0.5, 0.6) is 0 Å². The monoisotopic (exact) mass is 222 g/mol. The fourth-order valence-corrected chi connectivity index (χ4v) is 2.21. The van der Waals surface area contributed by atoms with Gasteiger partial charge < -0.3 is 9.80 Å². The van der Waals surface area contributed by atoms with Crippen LogP contribution in [0.25, 0.3) is 0 Å². The van der Waals surface area contributed by atoms with E-state index in [0.29, 0.717) is 5.92 Å². The summed E-state index contributed by atoms with van der Waals surface area (Å²) in [5.41, 5.74) is 2.16. The molecule has 0 radical (unpaired) electrons. The van der Waals surface area contributed by atoms with E-state index < -0.39 is 0 Å². The summed E-state index contributed by atoms with van der Waals surface area (Å²) in [6, 6.07) is 5.07. The predicted octanol–water partition coefficient (Wildman–Crippen LogP) is 2.74. The molecule has 0 saturated heterocycles. The summed E-state index contributed by atoms with van der Waals surface area (Å²) in [7, 11) is 2.02. The van der Waals surface area contributed by atoms with E-state index >= 15 is 0 Å².